The van der Waals surface area contributed by atoms with Crippen LogP contribution in [-0.4, -0.2) is 23.4 Å². The lowest BCUT2D eigenvalue weighted by molar-refractivity contribution is -0.198. The van der Waals surface area contributed by atoms with E-state index in [4.69, 9.17) is 9.57 Å². The van der Waals surface area contributed by atoms with Crippen molar-refractivity contribution in [2.45, 2.75) is 32.3 Å². The van der Waals surface area contributed by atoms with Crippen molar-refractivity contribution in [1.82, 2.24) is 5.06 Å². The predicted octanol–water partition coefficient (Wildman–Crippen LogP) is 4.27. The number of rotatable bonds is 5. The van der Waals surface area contributed by atoms with E-state index in [1.807, 2.05) is 41.5 Å². The molecule has 0 spiro atoms. The van der Waals surface area contributed by atoms with Gasteiger partial charge in [-0.1, -0.05) is 66.7 Å². The van der Waals surface area contributed by atoms with Crippen molar-refractivity contribution in [2.24, 2.45) is 0 Å². The molecule has 1 saturated heterocycles. The molecule has 1 atom stereocenters. The number of hydroxylamine groups is 2. The van der Waals surface area contributed by atoms with E-state index in [1.54, 1.807) is 0 Å². The van der Waals surface area contributed by atoms with Gasteiger partial charge < -0.3 is 4.74 Å². The Hall–Kier alpha value is -1.94. The summed E-state index contributed by atoms with van der Waals surface area (Å²) < 4.78 is 6.09. The van der Waals surface area contributed by atoms with Crippen LogP contribution in [0.2, 0.25) is 0 Å². The van der Waals surface area contributed by atoms with Gasteiger partial charge in [0, 0.05) is 0 Å². The van der Waals surface area contributed by atoms with Crippen LogP contribution in [0.3, 0.4) is 0 Å². The largest absolute Gasteiger partial charge is 0.350 e. The van der Waals surface area contributed by atoms with Gasteiger partial charge in [-0.25, -0.2) is 0 Å². The summed E-state index contributed by atoms with van der Waals surface area (Å²) in [5.74, 6) is 0. The first-order chi connectivity index (χ1) is 11.1. The lowest BCUT2D eigenvalue weighted by atomic mass is 10.1. The minimum Gasteiger partial charge on any atom is -0.350 e. The van der Waals surface area contributed by atoms with Crippen molar-refractivity contribution in [2.75, 3.05) is 6.54 Å². The third-order valence-corrected chi connectivity index (χ3v) is 3.75. The first-order valence-corrected chi connectivity index (χ1v) is 7.97. The molecule has 23 heavy (non-hydrogen) atoms. The number of nitrogens with zero attached hydrogens (tertiary/aromatic N) is 1. The molecule has 3 rings (SSSR count). The molecule has 0 aromatic heterocycles. The van der Waals surface area contributed by atoms with Crippen LogP contribution in [0, 0.1) is 0 Å². The highest BCUT2D eigenvalue weighted by Gasteiger charge is 2.37. The van der Waals surface area contributed by atoms with Crippen molar-refractivity contribution >= 4 is 6.08 Å². The van der Waals surface area contributed by atoms with Gasteiger partial charge in [0.25, 0.3) is 0 Å². The van der Waals surface area contributed by atoms with E-state index in [-0.39, 0.29) is 11.8 Å². The van der Waals surface area contributed by atoms with Gasteiger partial charge in [-0.05, 0) is 31.1 Å². The number of ether oxygens (including phenoxy) is 1. The van der Waals surface area contributed by atoms with Crippen LogP contribution in [0.4, 0.5) is 0 Å². The van der Waals surface area contributed by atoms with E-state index in [2.05, 4.69) is 50.3 Å². The van der Waals surface area contributed by atoms with E-state index in [1.165, 1.54) is 0 Å². The third kappa shape index (κ3) is 4.52. The normalized spacial score (nSPS) is 21.0. The van der Waals surface area contributed by atoms with E-state index >= 15 is 0 Å². The van der Waals surface area contributed by atoms with Crippen molar-refractivity contribution in [3.05, 3.63) is 77.9 Å². The molecule has 0 radical (unpaired) electrons. The van der Waals surface area contributed by atoms with Crippen molar-refractivity contribution in [3.8, 4) is 0 Å². The van der Waals surface area contributed by atoms with Crippen molar-refractivity contribution in [3.63, 3.8) is 0 Å². The second-order valence-corrected chi connectivity index (χ2v) is 6.37. The van der Waals surface area contributed by atoms with Gasteiger partial charge in [0.15, 0.2) is 6.23 Å². The van der Waals surface area contributed by atoms with Crippen LogP contribution in [0.15, 0.2) is 66.7 Å². The molecule has 1 fully saturated rings. The maximum atomic E-state index is 6.09. The van der Waals surface area contributed by atoms with E-state index < -0.39 is 0 Å². The average Bonchev–Trinajstić information content (AvgIpc) is 2.87. The fourth-order valence-corrected chi connectivity index (χ4v) is 2.63. The quantitative estimate of drug-likeness (QED) is 0.823. The fourth-order valence-electron chi connectivity index (χ4n) is 2.63. The van der Waals surface area contributed by atoms with E-state index in [9.17, 15) is 0 Å². The summed E-state index contributed by atoms with van der Waals surface area (Å²) in [5, 5.41) is 1.92. The third-order valence-electron chi connectivity index (χ3n) is 3.75. The van der Waals surface area contributed by atoms with Gasteiger partial charge in [-0.15, -0.1) is 0 Å². The molecule has 3 heteroatoms. The highest BCUT2D eigenvalue weighted by molar-refractivity contribution is 5.49. The van der Waals surface area contributed by atoms with Gasteiger partial charge in [0.05, 0.1) is 18.8 Å². The first-order valence-electron chi connectivity index (χ1n) is 7.97. The Labute approximate surface area is 138 Å². The zero-order valence-electron chi connectivity index (χ0n) is 13.7. The summed E-state index contributed by atoms with van der Waals surface area (Å²) in [7, 11) is 0. The van der Waals surface area contributed by atoms with Crippen LogP contribution in [0.1, 0.15) is 25.0 Å². The maximum Gasteiger partial charge on any atom is 0.153 e. The minimum absolute atomic E-state index is 0.172. The summed E-state index contributed by atoms with van der Waals surface area (Å²) in [6, 6.07) is 20.4. The highest BCUT2D eigenvalue weighted by Crippen LogP contribution is 2.27. The zero-order chi connectivity index (χ0) is 16.1. The minimum atomic E-state index is -0.220. The summed E-state index contributed by atoms with van der Waals surface area (Å²) >= 11 is 0. The molecule has 0 N–H and O–H groups in total. The smallest absolute Gasteiger partial charge is 0.153 e. The molecule has 0 amide bonds. The number of benzene rings is 2. The van der Waals surface area contributed by atoms with Gasteiger partial charge in [0.1, 0.15) is 0 Å². The van der Waals surface area contributed by atoms with Crippen molar-refractivity contribution < 1.29 is 9.57 Å². The molecule has 0 aliphatic carbocycles. The van der Waals surface area contributed by atoms with Crippen molar-refractivity contribution in [1.29, 1.82) is 0 Å². The van der Waals surface area contributed by atoms with Gasteiger partial charge >= 0.3 is 0 Å². The van der Waals surface area contributed by atoms with Crippen LogP contribution in [0.25, 0.3) is 6.08 Å². The second-order valence-electron chi connectivity index (χ2n) is 6.37. The molecule has 1 heterocycles. The Balaban J connectivity index is 1.66. The molecule has 0 bridgehead atoms. The Morgan fingerprint density at radius 1 is 1.09 bits per heavy atom. The number of hydrogen-bond donors (Lipinski definition) is 0. The highest BCUT2D eigenvalue weighted by atomic mass is 16.7. The zero-order valence-corrected chi connectivity index (χ0v) is 13.7. The summed E-state index contributed by atoms with van der Waals surface area (Å²) in [4.78, 5) is 5.98. The Kier molecular flexibility index (Phi) is 4.91. The SMILES string of the molecule is CC1(C)CN(OCc2ccccc2)C(C=Cc2ccccc2)O1. The topological polar surface area (TPSA) is 21.7 Å². The molecule has 2 aromatic rings. The van der Waals surface area contributed by atoms with Crippen LogP contribution >= 0.6 is 0 Å². The summed E-state index contributed by atoms with van der Waals surface area (Å²) in [5.41, 5.74) is 2.09. The molecule has 1 aliphatic rings. The molecular formula is C20H23NO2. The summed E-state index contributed by atoms with van der Waals surface area (Å²) in [6.07, 6.45) is 3.95. The molecule has 2 aromatic carbocycles. The van der Waals surface area contributed by atoms with Gasteiger partial charge in [-0.2, -0.15) is 5.06 Å². The molecule has 1 aliphatic heterocycles. The Morgan fingerprint density at radius 2 is 1.74 bits per heavy atom. The molecule has 3 nitrogen and oxygen atoms in total. The second kappa shape index (κ2) is 7.09. The average molecular weight is 309 g/mol. The molecule has 0 saturated carbocycles. The van der Waals surface area contributed by atoms with Gasteiger partial charge in [-0.3, -0.25) is 4.84 Å². The monoisotopic (exact) mass is 309 g/mol. The first kappa shape index (κ1) is 15.9. The Bertz CT molecular complexity index is 637. The van der Waals surface area contributed by atoms with Crippen LogP contribution in [-0.2, 0) is 16.2 Å². The maximum absolute atomic E-state index is 6.09. The Morgan fingerprint density at radius 3 is 2.43 bits per heavy atom. The van der Waals surface area contributed by atoms with Gasteiger partial charge in [0.2, 0.25) is 0 Å². The lowest BCUT2D eigenvalue weighted by Crippen LogP contribution is -2.30. The molecule has 120 valence electrons. The predicted molar refractivity (Wildman–Crippen MR) is 92.4 cm³/mol. The van der Waals surface area contributed by atoms with E-state index in [0.29, 0.717) is 6.61 Å². The van der Waals surface area contributed by atoms with Crippen LogP contribution < -0.4 is 0 Å². The fraction of sp³-hybridized carbons (Fsp3) is 0.300. The summed E-state index contributed by atoms with van der Waals surface area (Å²) in [6.45, 7) is 5.46. The van der Waals surface area contributed by atoms with E-state index in [0.717, 1.165) is 17.7 Å². The van der Waals surface area contributed by atoms with Crippen LogP contribution in [0.5, 0.6) is 0 Å². The lowest BCUT2D eigenvalue weighted by Gasteiger charge is -2.19. The molecule has 1 unspecified atom stereocenters. The molecular weight excluding hydrogens is 286 g/mol. The standard InChI is InChI=1S/C20H23NO2/c1-20(2)16-21(22-15-18-11-7-4-8-12-18)19(23-20)14-13-17-9-5-3-6-10-17/h3-14,19H,15-16H2,1-2H3. The number of hydrogen-bond acceptors (Lipinski definition) is 3.